The summed E-state index contributed by atoms with van der Waals surface area (Å²) >= 11 is 5.88. The van der Waals surface area contributed by atoms with E-state index in [0.717, 1.165) is 6.07 Å². The minimum atomic E-state index is -1.01. The maximum Gasteiger partial charge on any atom is 0.335 e. The molecule has 4 nitrogen and oxygen atoms in total. The van der Waals surface area contributed by atoms with Crippen LogP contribution in [-0.2, 0) is 0 Å². The lowest BCUT2D eigenvalue weighted by Gasteiger charge is -1.96. The van der Waals surface area contributed by atoms with E-state index in [1.165, 1.54) is 18.2 Å². The van der Waals surface area contributed by atoms with Gasteiger partial charge in [-0.3, -0.25) is 0 Å². The van der Waals surface area contributed by atoms with Gasteiger partial charge in [-0.15, -0.1) is 0 Å². The molecule has 100 valence electrons. The lowest BCUT2D eigenvalue weighted by molar-refractivity contribution is 0.0697. The first-order valence-corrected chi connectivity index (χ1v) is 6.02. The SMILES string of the molecule is O=C(O)c1ccc(-c2nc3cc(F)cc(Cl)c3o2)cc1. The van der Waals surface area contributed by atoms with Gasteiger partial charge in [0, 0.05) is 11.6 Å². The third-order valence-electron chi connectivity index (χ3n) is 2.79. The molecule has 0 atom stereocenters. The standard InChI is InChI=1S/C14H7ClFNO3/c15-10-5-9(16)6-11-12(10)20-13(17-11)7-1-3-8(4-2-7)14(18)19/h1-6H,(H,18,19). The van der Waals surface area contributed by atoms with Crippen molar-refractivity contribution in [2.45, 2.75) is 0 Å². The number of rotatable bonds is 2. The number of hydrogen-bond donors (Lipinski definition) is 1. The van der Waals surface area contributed by atoms with E-state index in [1.54, 1.807) is 12.1 Å². The van der Waals surface area contributed by atoms with E-state index in [1.807, 2.05) is 0 Å². The Balaban J connectivity index is 2.10. The summed E-state index contributed by atoms with van der Waals surface area (Å²) in [6.07, 6.45) is 0. The summed E-state index contributed by atoms with van der Waals surface area (Å²) < 4.78 is 18.7. The van der Waals surface area contributed by atoms with Crippen LogP contribution in [0.5, 0.6) is 0 Å². The predicted molar refractivity (Wildman–Crippen MR) is 71.4 cm³/mol. The highest BCUT2D eigenvalue weighted by atomic mass is 35.5. The van der Waals surface area contributed by atoms with Gasteiger partial charge in [0.15, 0.2) is 5.58 Å². The second-order valence-corrected chi connectivity index (χ2v) is 4.54. The van der Waals surface area contributed by atoms with Crippen LogP contribution in [0, 0.1) is 5.82 Å². The number of hydrogen-bond acceptors (Lipinski definition) is 3. The van der Waals surface area contributed by atoms with Gasteiger partial charge in [0.1, 0.15) is 11.3 Å². The van der Waals surface area contributed by atoms with Crippen molar-refractivity contribution in [1.29, 1.82) is 0 Å². The second-order valence-electron chi connectivity index (χ2n) is 4.14. The van der Waals surface area contributed by atoms with Gasteiger partial charge < -0.3 is 9.52 Å². The van der Waals surface area contributed by atoms with E-state index in [2.05, 4.69) is 4.98 Å². The van der Waals surface area contributed by atoms with Crippen LogP contribution in [0.15, 0.2) is 40.8 Å². The number of carboxylic acids is 1. The van der Waals surface area contributed by atoms with E-state index < -0.39 is 11.8 Å². The van der Waals surface area contributed by atoms with Gasteiger partial charge in [-0.05, 0) is 30.3 Å². The lowest BCUT2D eigenvalue weighted by atomic mass is 10.1. The molecular weight excluding hydrogens is 285 g/mol. The zero-order valence-electron chi connectivity index (χ0n) is 9.93. The first kappa shape index (κ1) is 12.6. The maximum absolute atomic E-state index is 13.2. The summed E-state index contributed by atoms with van der Waals surface area (Å²) in [4.78, 5) is 14.9. The number of aromatic carboxylic acids is 1. The van der Waals surface area contributed by atoms with Gasteiger partial charge in [0.25, 0.3) is 0 Å². The Morgan fingerprint density at radius 2 is 1.95 bits per heavy atom. The van der Waals surface area contributed by atoms with Crippen LogP contribution in [0.2, 0.25) is 5.02 Å². The third-order valence-corrected chi connectivity index (χ3v) is 3.07. The molecule has 0 fully saturated rings. The molecule has 3 rings (SSSR count). The van der Waals surface area contributed by atoms with Crippen LogP contribution in [0.25, 0.3) is 22.6 Å². The van der Waals surface area contributed by atoms with Crippen LogP contribution in [0.4, 0.5) is 4.39 Å². The first-order chi connectivity index (χ1) is 9.54. The van der Waals surface area contributed by atoms with Crippen molar-refractivity contribution in [1.82, 2.24) is 4.98 Å². The number of nitrogens with zero attached hydrogens (tertiary/aromatic N) is 1. The predicted octanol–water partition coefficient (Wildman–Crippen LogP) is 3.99. The number of oxazole rings is 1. The molecule has 1 heterocycles. The van der Waals surface area contributed by atoms with E-state index in [0.29, 0.717) is 16.7 Å². The molecule has 0 aliphatic rings. The first-order valence-electron chi connectivity index (χ1n) is 5.64. The third kappa shape index (κ3) is 2.12. The Labute approximate surface area is 117 Å². The number of fused-ring (bicyclic) bond motifs is 1. The summed E-state index contributed by atoms with van der Waals surface area (Å²) in [6.45, 7) is 0. The zero-order chi connectivity index (χ0) is 14.3. The summed E-state index contributed by atoms with van der Waals surface area (Å²) in [6, 6.07) is 8.38. The average molecular weight is 292 g/mol. The van der Waals surface area contributed by atoms with Crippen LogP contribution >= 0.6 is 11.6 Å². The average Bonchev–Trinajstić information content (AvgIpc) is 2.83. The monoisotopic (exact) mass is 291 g/mol. The van der Waals surface area contributed by atoms with Gasteiger partial charge in [0.2, 0.25) is 5.89 Å². The van der Waals surface area contributed by atoms with E-state index in [4.69, 9.17) is 21.1 Å². The largest absolute Gasteiger partial charge is 0.478 e. The molecule has 0 spiro atoms. The highest BCUT2D eigenvalue weighted by molar-refractivity contribution is 6.34. The van der Waals surface area contributed by atoms with E-state index in [9.17, 15) is 9.18 Å². The quantitative estimate of drug-likeness (QED) is 0.775. The van der Waals surface area contributed by atoms with Gasteiger partial charge in [0.05, 0.1) is 10.6 Å². The second kappa shape index (κ2) is 4.61. The number of halogens is 2. The molecule has 0 bridgehead atoms. The van der Waals surface area contributed by atoms with Crippen molar-refractivity contribution in [2.75, 3.05) is 0 Å². The number of carboxylic acid groups (broad SMARTS) is 1. The smallest absolute Gasteiger partial charge is 0.335 e. The lowest BCUT2D eigenvalue weighted by Crippen LogP contribution is -1.94. The number of benzene rings is 2. The normalized spacial score (nSPS) is 10.9. The van der Waals surface area contributed by atoms with Gasteiger partial charge >= 0.3 is 5.97 Å². The molecule has 0 aliphatic heterocycles. The minimum absolute atomic E-state index is 0.140. The number of carbonyl (C=O) groups is 1. The van der Waals surface area contributed by atoms with Crippen molar-refractivity contribution < 1.29 is 18.7 Å². The molecule has 3 aromatic rings. The Morgan fingerprint density at radius 3 is 2.60 bits per heavy atom. The van der Waals surface area contributed by atoms with E-state index >= 15 is 0 Å². The van der Waals surface area contributed by atoms with Crippen molar-refractivity contribution in [3.05, 3.63) is 52.8 Å². The Morgan fingerprint density at radius 1 is 1.25 bits per heavy atom. The minimum Gasteiger partial charge on any atom is -0.478 e. The molecule has 0 unspecified atom stereocenters. The zero-order valence-corrected chi connectivity index (χ0v) is 10.7. The summed E-state index contributed by atoms with van der Waals surface area (Å²) in [7, 11) is 0. The molecule has 0 saturated carbocycles. The van der Waals surface area contributed by atoms with Crippen LogP contribution in [-0.4, -0.2) is 16.1 Å². The summed E-state index contributed by atoms with van der Waals surface area (Å²) in [5, 5.41) is 8.97. The van der Waals surface area contributed by atoms with Crippen molar-refractivity contribution in [3.63, 3.8) is 0 Å². The summed E-state index contributed by atoms with van der Waals surface area (Å²) in [5.41, 5.74) is 1.36. The van der Waals surface area contributed by atoms with Gasteiger partial charge in [-0.2, -0.15) is 0 Å². The molecule has 0 amide bonds. The van der Waals surface area contributed by atoms with Crippen LogP contribution < -0.4 is 0 Å². The fourth-order valence-corrected chi connectivity index (χ4v) is 2.08. The molecule has 1 aromatic heterocycles. The maximum atomic E-state index is 13.2. The van der Waals surface area contributed by atoms with Crippen molar-refractivity contribution >= 4 is 28.7 Å². The highest BCUT2D eigenvalue weighted by Crippen LogP contribution is 2.30. The Kier molecular flexibility index (Phi) is 2.91. The molecule has 0 aliphatic carbocycles. The molecule has 6 heteroatoms. The molecule has 0 saturated heterocycles. The fourth-order valence-electron chi connectivity index (χ4n) is 1.84. The molecule has 0 radical (unpaired) electrons. The Hall–Kier alpha value is -2.40. The van der Waals surface area contributed by atoms with Crippen LogP contribution in [0.1, 0.15) is 10.4 Å². The molecule has 20 heavy (non-hydrogen) atoms. The van der Waals surface area contributed by atoms with Crippen molar-refractivity contribution in [2.24, 2.45) is 0 Å². The topological polar surface area (TPSA) is 63.3 Å². The fraction of sp³-hybridized carbons (Fsp3) is 0. The Bertz CT molecular complexity index is 811. The molecule has 1 N–H and O–H groups in total. The number of aromatic nitrogens is 1. The summed E-state index contributed by atoms with van der Waals surface area (Å²) in [5.74, 6) is -1.26. The van der Waals surface area contributed by atoms with Gasteiger partial charge in [-0.25, -0.2) is 14.2 Å². The van der Waals surface area contributed by atoms with Crippen LogP contribution in [0.3, 0.4) is 0 Å². The molecular formula is C14H7ClFNO3. The highest BCUT2D eigenvalue weighted by Gasteiger charge is 2.13. The van der Waals surface area contributed by atoms with Gasteiger partial charge in [-0.1, -0.05) is 11.6 Å². The molecule has 2 aromatic carbocycles. The van der Waals surface area contributed by atoms with E-state index in [-0.39, 0.29) is 16.5 Å². The van der Waals surface area contributed by atoms with Crippen molar-refractivity contribution in [3.8, 4) is 11.5 Å².